The Labute approximate surface area is 176 Å². The number of nitrogens with zero attached hydrogens (tertiary/aromatic N) is 1. The zero-order chi connectivity index (χ0) is 23.3. The Kier molecular flexibility index (Phi) is 7.08. The molecule has 31 heavy (non-hydrogen) atoms. The monoisotopic (exact) mass is 432 g/mol. The number of rotatable bonds is 8. The molecule has 0 saturated carbocycles. The van der Waals surface area contributed by atoms with Crippen molar-refractivity contribution in [2.24, 2.45) is 11.5 Å². The van der Waals surface area contributed by atoms with Crippen molar-refractivity contribution in [3.05, 3.63) is 62.5 Å². The third kappa shape index (κ3) is 5.44. The van der Waals surface area contributed by atoms with Crippen LogP contribution in [0.25, 0.3) is 0 Å². The summed E-state index contributed by atoms with van der Waals surface area (Å²) >= 11 is 0. The lowest BCUT2D eigenvalue weighted by atomic mass is 9.80. The maximum atomic E-state index is 12.7. The molecule has 12 heteroatoms. The van der Waals surface area contributed by atoms with Crippen molar-refractivity contribution in [2.75, 3.05) is 13.2 Å². The number of ether oxygens (including phenoxy) is 2. The summed E-state index contributed by atoms with van der Waals surface area (Å²) in [5.41, 5.74) is 10.4. The second-order valence-electron chi connectivity index (χ2n) is 6.57. The number of nitrogens with one attached hydrogen (secondary N) is 1. The molecule has 0 aliphatic carbocycles. The van der Waals surface area contributed by atoms with Gasteiger partial charge in [-0.25, -0.2) is 9.59 Å². The van der Waals surface area contributed by atoms with Gasteiger partial charge in [0.2, 0.25) is 0 Å². The van der Waals surface area contributed by atoms with Gasteiger partial charge in [0, 0.05) is 23.5 Å². The summed E-state index contributed by atoms with van der Waals surface area (Å²) in [6.45, 7) is 1.64. The van der Waals surface area contributed by atoms with E-state index in [9.17, 15) is 29.3 Å². The van der Waals surface area contributed by atoms with Gasteiger partial charge in [0.1, 0.15) is 0 Å². The van der Waals surface area contributed by atoms with E-state index >= 15 is 0 Å². The van der Waals surface area contributed by atoms with Gasteiger partial charge in [-0.1, -0.05) is 12.1 Å². The Morgan fingerprint density at radius 1 is 1.00 bits per heavy atom. The summed E-state index contributed by atoms with van der Waals surface area (Å²) in [5.74, 6) is -4.87. The number of hydrogen-bond acceptors (Lipinski definition) is 9. The van der Waals surface area contributed by atoms with Crippen LogP contribution in [0.2, 0.25) is 0 Å². The van der Waals surface area contributed by atoms with Gasteiger partial charge < -0.3 is 26.3 Å². The summed E-state index contributed by atoms with van der Waals surface area (Å²) in [7, 11) is 0. The summed E-state index contributed by atoms with van der Waals surface area (Å²) < 4.78 is 9.82. The fourth-order valence-electron chi connectivity index (χ4n) is 3.12. The van der Waals surface area contributed by atoms with Crippen molar-refractivity contribution in [3.63, 3.8) is 0 Å². The Bertz CT molecular complexity index is 975. The van der Waals surface area contributed by atoms with Gasteiger partial charge in [-0.3, -0.25) is 19.7 Å². The number of nitrogens with two attached hydrogens (primary N) is 2. The number of amides is 2. The van der Waals surface area contributed by atoms with E-state index < -0.39 is 47.8 Å². The van der Waals surface area contributed by atoms with Crippen LogP contribution in [-0.2, 0) is 28.7 Å². The molecule has 0 unspecified atom stereocenters. The molecule has 0 aromatic heterocycles. The number of benzene rings is 1. The fourth-order valence-corrected chi connectivity index (χ4v) is 3.12. The molecular weight excluding hydrogens is 412 g/mol. The van der Waals surface area contributed by atoms with Crippen molar-refractivity contribution >= 4 is 29.4 Å². The molecule has 0 atom stereocenters. The van der Waals surface area contributed by atoms with Gasteiger partial charge in [0.05, 0.1) is 22.0 Å². The van der Waals surface area contributed by atoms with Crippen molar-refractivity contribution in [3.8, 4) is 0 Å². The van der Waals surface area contributed by atoms with E-state index in [0.29, 0.717) is 0 Å². The van der Waals surface area contributed by atoms with Crippen molar-refractivity contribution in [1.82, 2.24) is 5.32 Å². The minimum Gasteiger partial charge on any atom is -0.452 e. The van der Waals surface area contributed by atoms with Gasteiger partial charge in [-0.15, -0.1) is 0 Å². The van der Waals surface area contributed by atoms with E-state index in [2.05, 4.69) is 5.32 Å². The average molecular weight is 432 g/mol. The number of carbonyl (C=O) groups excluding carboxylic acids is 4. The molecule has 2 amide bonds. The summed E-state index contributed by atoms with van der Waals surface area (Å²) in [6, 6.07) is 5.30. The quantitative estimate of drug-likeness (QED) is 0.285. The number of non-ortho nitro benzene ring substituents is 1. The third-order valence-corrected chi connectivity index (χ3v) is 4.31. The molecule has 0 fully saturated rings. The molecule has 1 aromatic carbocycles. The minimum absolute atomic E-state index is 0.0848. The molecular formula is C19H20N4O8. The molecule has 1 aliphatic heterocycles. The lowest BCUT2D eigenvalue weighted by Crippen LogP contribution is -2.34. The highest BCUT2D eigenvalue weighted by Gasteiger charge is 2.38. The number of nitro groups is 1. The standard InChI is InChI=1S/C19H20N4O8/c1-9-15(18(26)30-7-13(20)24)17(11-4-3-5-12(6-11)23(28)29)16(10(2)22-9)19(27)31-8-14(21)25/h3-6,17,22H,7-8H2,1-2H3,(H2,20,24)(H2,21,25). The van der Waals surface area contributed by atoms with Crippen LogP contribution < -0.4 is 16.8 Å². The van der Waals surface area contributed by atoms with Crippen molar-refractivity contribution in [1.29, 1.82) is 0 Å². The molecule has 5 N–H and O–H groups in total. The van der Waals surface area contributed by atoms with Crippen LogP contribution in [-0.4, -0.2) is 41.9 Å². The van der Waals surface area contributed by atoms with Gasteiger partial charge in [-0.05, 0) is 19.4 Å². The average Bonchev–Trinajstić information content (AvgIpc) is 2.69. The second kappa shape index (κ2) is 9.52. The van der Waals surface area contributed by atoms with E-state index in [1.807, 2.05) is 0 Å². The van der Waals surface area contributed by atoms with Gasteiger partial charge in [-0.2, -0.15) is 0 Å². The smallest absolute Gasteiger partial charge is 0.337 e. The van der Waals surface area contributed by atoms with Crippen LogP contribution in [0.3, 0.4) is 0 Å². The first-order valence-electron chi connectivity index (χ1n) is 8.86. The lowest BCUT2D eigenvalue weighted by Gasteiger charge is -2.30. The predicted molar refractivity (Wildman–Crippen MR) is 105 cm³/mol. The molecule has 1 aliphatic rings. The molecule has 0 saturated heterocycles. The zero-order valence-electron chi connectivity index (χ0n) is 16.7. The second-order valence-corrected chi connectivity index (χ2v) is 6.57. The topological polar surface area (TPSA) is 194 Å². The summed E-state index contributed by atoms with van der Waals surface area (Å²) in [4.78, 5) is 58.1. The van der Waals surface area contributed by atoms with E-state index in [-0.39, 0.29) is 33.8 Å². The van der Waals surface area contributed by atoms with Crippen LogP contribution in [0.15, 0.2) is 46.8 Å². The highest BCUT2D eigenvalue weighted by Crippen LogP contribution is 2.40. The fraction of sp³-hybridized carbons (Fsp3) is 0.263. The Morgan fingerprint density at radius 2 is 1.48 bits per heavy atom. The van der Waals surface area contributed by atoms with E-state index in [0.717, 1.165) is 0 Å². The first-order valence-corrected chi connectivity index (χ1v) is 8.86. The van der Waals surface area contributed by atoms with Crippen LogP contribution in [0.5, 0.6) is 0 Å². The molecule has 0 spiro atoms. The number of esters is 2. The van der Waals surface area contributed by atoms with Crippen LogP contribution >= 0.6 is 0 Å². The number of hydrogen-bond donors (Lipinski definition) is 3. The molecule has 2 rings (SSSR count). The number of allylic oxidation sites excluding steroid dienone is 2. The SMILES string of the molecule is CC1=C(C(=O)OCC(N)=O)C(c2cccc([N+](=O)[O-])c2)C(C(=O)OCC(N)=O)=C(C)N1. The van der Waals surface area contributed by atoms with Crippen molar-refractivity contribution < 1.29 is 33.6 Å². The first-order chi connectivity index (χ1) is 14.5. The number of primary amides is 2. The summed E-state index contributed by atoms with van der Waals surface area (Å²) in [5, 5.41) is 14.1. The van der Waals surface area contributed by atoms with Crippen molar-refractivity contribution in [2.45, 2.75) is 19.8 Å². The Hall–Kier alpha value is -4.22. The molecule has 0 bridgehead atoms. The Balaban J connectivity index is 2.62. The third-order valence-electron chi connectivity index (χ3n) is 4.31. The van der Waals surface area contributed by atoms with Crippen LogP contribution in [0.1, 0.15) is 25.3 Å². The number of nitro benzene ring substituents is 1. The maximum absolute atomic E-state index is 12.7. The first kappa shape index (κ1) is 23.1. The van der Waals surface area contributed by atoms with Gasteiger partial charge >= 0.3 is 11.9 Å². The Morgan fingerprint density at radius 3 is 1.90 bits per heavy atom. The largest absolute Gasteiger partial charge is 0.452 e. The summed E-state index contributed by atoms with van der Waals surface area (Å²) in [6.07, 6.45) is 0. The molecule has 0 radical (unpaired) electrons. The molecule has 1 heterocycles. The molecule has 1 aromatic rings. The van der Waals surface area contributed by atoms with Crippen LogP contribution in [0, 0.1) is 10.1 Å². The highest BCUT2D eigenvalue weighted by molar-refractivity contribution is 6.00. The number of dihydropyridines is 1. The van der Waals surface area contributed by atoms with E-state index in [4.69, 9.17) is 20.9 Å². The van der Waals surface area contributed by atoms with E-state index in [1.165, 1.54) is 38.1 Å². The molecule has 164 valence electrons. The zero-order valence-corrected chi connectivity index (χ0v) is 16.7. The minimum atomic E-state index is -1.15. The number of carbonyl (C=O) groups is 4. The molecule has 12 nitrogen and oxygen atoms in total. The van der Waals surface area contributed by atoms with Gasteiger partial charge in [0.15, 0.2) is 13.2 Å². The van der Waals surface area contributed by atoms with E-state index in [1.54, 1.807) is 0 Å². The van der Waals surface area contributed by atoms with Gasteiger partial charge in [0.25, 0.3) is 17.5 Å². The normalized spacial score (nSPS) is 14.0. The predicted octanol–water partition coefficient (Wildman–Crippen LogP) is -0.113. The lowest BCUT2D eigenvalue weighted by molar-refractivity contribution is -0.384. The maximum Gasteiger partial charge on any atom is 0.337 e. The highest BCUT2D eigenvalue weighted by atomic mass is 16.6. The van der Waals surface area contributed by atoms with Crippen LogP contribution in [0.4, 0.5) is 5.69 Å².